The second-order valence-corrected chi connectivity index (χ2v) is 11.2. The minimum Gasteiger partial charge on any atom is -0.322 e. The second kappa shape index (κ2) is 9.52. The van der Waals surface area contributed by atoms with E-state index in [2.05, 4.69) is 9.71 Å². The number of aromatic nitrogens is 1. The predicted molar refractivity (Wildman–Crippen MR) is 126 cm³/mol. The molecule has 3 rings (SSSR count). The average molecular weight is 496 g/mol. The molecule has 0 aliphatic heterocycles. The summed E-state index contributed by atoms with van der Waals surface area (Å²) in [6.45, 7) is 4.93. The molecule has 0 saturated heterocycles. The number of hydrogen-bond donors (Lipinski definition) is 2. The topological polar surface area (TPSA) is 82.3 Å². The molecule has 2 N–H and O–H groups in total. The zero-order chi connectivity index (χ0) is 25.3. The van der Waals surface area contributed by atoms with E-state index in [4.69, 9.17) is 0 Å². The summed E-state index contributed by atoms with van der Waals surface area (Å²) >= 11 is 0. The first-order valence-corrected chi connectivity index (χ1v) is 12.1. The third-order valence-corrected chi connectivity index (χ3v) is 6.76. The summed E-state index contributed by atoms with van der Waals surface area (Å²) in [4.78, 5) is 16.1. The number of nitrogens with one attached hydrogen (secondary N) is 2. The van der Waals surface area contributed by atoms with Crippen LogP contribution in [-0.4, -0.2) is 45.5 Å². The SMILES string of the molecule is CN(C)CC(C)(C)CNS(=O)(=O)c1ccc(Cc2ccc3[nH]c(=O)cc(C(F)(F)F)c3c2)cc1. The number of aromatic amines is 1. The molecule has 0 aliphatic carbocycles. The molecule has 0 spiro atoms. The van der Waals surface area contributed by atoms with Gasteiger partial charge >= 0.3 is 6.18 Å². The highest BCUT2D eigenvalue weighted by molar-refractivity contribution is 7.89. The summed E-state index contributed by atoms with van der Waals surface area (Å²) in [5, 5.41) is -0.0895. The molecule has 0 amide bonds. The molecule has 0 fully saturated rings. The largest absolute Gasteiger partial charge is 0.417 e. The van der Waals surface area contributed by atoms with E-state index >= 15 is 0 Å². The predicted octanol–water partition coefficient (Wildman–Crippen LogP) is 4.00. The Morgan fingerprint density at radius 1 is 0.971 bits per heavy atom. The molecule has 0 bridgehead atoms. The quantitative estimate of drug-likeness (QED) is 0.495. The van der Waals surface area contributed by atoms with Gasteiger partial charge in [0.15, 0.2) is 0 Å². The lowest BCUT2D eigenvalue weighted by Gasteiger charge is -2.28. The van der Waals surface area contributed by atoms with Gasteiger partial charge in [-0.2, -0.15) is 13.2 Å². The van der Waals surface area contributed by atoms with E-state index in [1.807, 2.05) is 32.8 Å². The molecule has 0 saturated carbocycles. The minimum absolute atomic E-state index is 0.0895. The third kappa shape index (κ3) is 6.46. The normalized spacial score (nSPS) is 13.1. The van der Waals surface area contributed by atoms with Crippen LogP contribution in [0.2, 0.25) is 0 Å². The van der Waals surface area contributed by atoms with Gasteiger partial charge in [-0.3, -0.25) is 4.79 Å². The third-order valence-electron chi connectivity index (χ3n) is 5.34. The van der Waals surface area contributed by atoms with Gasteiger partial charge in [-0.15, -0.1) is 0 Å². The lowest BCUT2D eigenvalue weighted by atomic mass is 9.93. The lowest BCUT2D eigenvalue weighted by molar-refractivity contribution is -0.136. The fourth-order valence-electron chi connectivity index (χ4n) is 3.95. The van der Waals surface area contributed by atoms with Crippen LogP contribution < -0.4 is 10.3 Å². The molecule has 1 aromatic heterocycles. The maximum Gasteiger partial charge on any atom is 0.417 e. The maximum absolute atomic E-state index is 13.4. The van der Waals surface area contributed by atoms with Gasteiger partial charge in [0.1, 0.15) is 0 Å². The molecule has 34 heavy (non-hydrogen) atoms. The summed E-state index contributed by atoms with van der Waals surface area (Å²) in [5.74, 6) is 0. The van der Waals surface area contributed by atoms with Crippen LogP contribution in [0, 0.1) is 5.41 Å². The van der Waals surface area contributed by atoms with Crippen molar-refractivity contribution in [3.8, 4) is 0 Å². The van der Waals surface area contributed by atoms with Crippen molar-refractivity contribution in [1.82, 2.24) is 14.6 Å². The molecule has 10 heteroatoms. The van der Waals surface area contributed by atoms with Crippen molar-refractivity contribution < 1.29 is 21.6 Å². The average Bonchev–Trinajstić information content (AvgIpc) is 2.71. The van der Waals surface area contributed by atoms with Gasteiger partial charge in [0.2, 0.25) is 15.6 Å². The van der Waals surface area contributed by atoms with Crippen LogP contribution in [0.15, 0.2) is 58.2 Å². The first-order chi connectivity index (χ1) is 15.7. The van der Waals surface area contributed by atoms with E-state index in [1.165, 1.54) is 24.3 Å². The molecule has 1 heterocycles. The number of hydrogen-bond acceptors (Lipinski definition) is 4. The van der Waals surface area contributed by atoms with E-state index in [1.54, 1.807) is 18.2 Å². The van der Waals surface area contributed by atoms with Gasteiger partial charge in [-0.25, -0.2) is 13.1 Å². The van der Waals surface area contributed by atoms with Crippen molar-refractivity contribution in [3.05, 3.63) is 75.6 Å². The Kier molecular flexibility index (Phi) is 7.26. The standard InChI is InChI=1S/C24H28F3N3O3S/c1-23(2,15-30(3)4)14-28-34(32,33)18-8-5-16(6-9-18)11-17-7-10-21-19(12-17)20(24(25,26)27)13-22(31)29-21/h5-10,12-13,28H,11,14-15H2,1-4H3,(H,29,31). The molecule has 2 aromatic carbocycles. The number of fused-ring (bicyclic) bond motifs is 1. The first-order valence-electron chi connectivity index (χ1n) is 10.6. The molecule has 0 atom stereocenters. The van der Waals surface area contributed by atoms with E-state index in [-0.39, 0.29) is 27.8 Å². The molecule has 184 valence electrons. The van der Waals surface area contributed by atoms with Crippen LogP contribution in [-0.2, 0) is 22.6 Å². The minimum atomic E-state index is -4.66. The first kappa shape index (κ1) is 25.9. The van der Waals surface area contributed by atoms with Crippen LogP contribution in [0.5, 0.6) is 0 Å². The van der Waals surface area contributed by atoms with Crippen molar-refractivity contribution in [2.45, 2.75) is 31.3 Å². The van der Waals surface area contributed by atoms with Crippen molar-refractivity contribution in [2.24, 2.45) is 5.41 Å². The summed E-state index contributed by atoms with van der Waals surface area (Å²) < 4.78 is 68.2. The summed E-state index contributed by atoms with van der Waals surface area (Å²) in [6, 6.07) is 11.3. The molecule has 0 radical (unpaired) electrons. The Bertz CT molecular complexity index is 1330. The van der Waals surface area contributed by atoms with E-state index in [0.717, 1.165) is 5.56 Å². The zero-order valence-corrected chi connectivity index (χ0v) is 20.3. The fraction of sp³-hybridized carbons (Fsp3) is 0.375. The van der Waals surface area contributed by atoms with Crippen LogP contribution in [0.4, 0.5) is 13.2 Å². The highest BCUT2D eigenvalue weighted by Gasteiger charge is 2.33. The number of benzene rings is 2. The van der Waals surface area contributed by atoms with Crippen LogP contribution >= 0.6 is 0 Å². The fourth-order valence-corrected chi connectivity index (χ4v) is 5.20. The molecule has 0 aliphatic rings. The number of pyridine rings is 1. The van der Waals surface area contributed by atoms with Crippen molar-refractivity contribution in [1.29, 1.82) is 0 Å². The summed E-state index contributed by atoms with van der Waals surface area (Å²) in [7, 11) is 0.148. The van der Waals surface area contributed by atoms with Crippen LogP contribution in [0.3, 0.4) is 0 Å². The van der Waals surface area contributed by atoms with Crippen LogP contribution in [0.25, 0.3) is 10.9 Å². The van der Waals surface area contributed by atoms with Gasteiger partial charge in [-0.05, 0) is 61.3 Å². The van der Waals surface area contributed by atoms with Crippen molar-refractivity contribution >= 4 is 20.9 Å². The Hall–Kier alpha value is -2.69. The number of nitrogens with zero attached hydrogens (tertiary/aromatic N) is 1. The monoisotopic (exact) mass is 495 g/mol. The molecular weight excluding hydrogens is 467 g/mol. The lowest BCUT2D eigenvalue weighted by Crippen LogP contribution is -2.39. The highest BCUT2D eigenvalue weighted by atomic mass is 32.2. The Morgan fingerprint density at radius 2 is 1.59 bits per heavy atom. The number of halogens is 3. The summed E-state index contributed by atoms with van der Waals surface area (Å²) in [6.07, 6.45) is -4.36. The zero-order valence-electron chi connectivity index (χ0n) is 19.5. The molecule has 6 nitrogen and oxygen atoms in total. The Labute approximate surface area is 196 Å². The summed E-state index contributed by atoms with van der Waals surface area (Å²) in [5.41, 5.74) is -0.616. The van der Waals surface area contributed by atoms with Crippen molar-refractivity contribution in [3.63, 3.8) is 0 Å². The van der Waals surface area contributed by atoms with Gasteiger partial charge in [0.05, 0.1) is 10.5 Å². The number of sulfonamides is 1. The van der Waals surface area contributed by atoms with Crippen molar-refractivity contribution in [2.75, 3.05) is 27.2 Å². The highest BCUT2D eigenvalue weighted by Crippen LogP contribution is 2.33. The Morgan fingerprint density at radius 3 is 2.18 bits per heavy atom. The van der Waals surface area contributed by atoms with Gasteiger partial charge in [0.25, 0.3) is 0 Å². The smallest absolute Gasteiger partial charge is 0.322 e. The number of alkyl halides is 3. The molecular formula is C24H28F3N3O3S. The second-order valence-electron chi connectivity index (χ2n) is 9.47. The maximum atomic E-state index is 13.4. The molecule has 3 aromatic rings. The van der Waals surface area contributed by atoms with E-state index < -0.39 is 27.3 Å². The van der Waals surface area contributed by atoms with Gasteiger partial charge < -0.3 is 9.88 Å². The van der Waals surface area contributed by atoms with Gasteiger partial charge in [-0.1, -0.05) is 32.0 Å². The van der Waals surface area contributed by atoms with E-state index in [9.17, 15) is 26.4 Å². The van der Waals surface area contributed by atoms with Gasteiger partial charge in [0, 0.05) is 30.1 Å². The Balaban J connectivity index is 1.79. The van der Waals surface area contributed by atoms with Crippen LogP contribution in [0.1, 0.15) is 30.5 Å². The number of H-pyrrole nitrogens is 1. The molecule has 0 unspecified atom stereocenters. The number of rotatable bonds is 8. The van der Waals surface area contributed by atoms with E-state index in [0.29, 0.717) is 24.6 Å².